The van der Waals surface area contributed by atoms with Gasteiger partial charge < -0.3 is 9.42 Å². The Hall–Kier alpha value is -3.09. The minimum absolute atomic E-state index is 0.136. The molecule has 144 valence electrons. The van der Waals surface area contributed by atoms with E-state index in [1.165, 1.54) is 12.1 Å². The summed E-state index contributed by atoms with van der Waals surface area (Å²) in [6.07, 6.45) is 3.33. The number of piperidine rings is 1. The van der Waals surface area contributed by atoms with E-state index in [1.807, 2.05) is 19.9 Å². The molecule has 0 N–H and O–H groups in total. The maximum Gasteiger partial charge on any atom is 0.253 e. The number of amides is 1. The number of hydrogen-bond acceptors (Lipinski definition) is 5. The molecule has 2 aromatic heterocycles. The molecule has 1 aliphatic heterocycles. The minimum Gasteiger partial charge on any atom is -0.356 e. The Bertz CT molecular complexity index is 1010. The van der Waals surface area contributed by atoms with Crippen LogP contribution in [0.15, 0.2) is 41.1 Å². The number of aromatic nitrogens is 3. The van der Waals surface area contributed by atoms with Crippen molar-refractivity contribution in [3.63, 3.8) is 0 Å². The molecular formula is C21H21FN4O2. The molecule has 1 amide bonds. The van der Waals surface area contributed by atoms with Gasteiger partial charge in [0.05, 0.1) is 17.0 Å². The van der Waals surface area contributed by atoms with Crippen molar-refractivity contribution in [2.45, 2.75) is 32.6 Å². The van der Waals surface area contributed by atoms with Gasteiger partial charge in [0.1, 0.15) is 11.6 Å². The first-order valence-corrected chi connectivity index (χ1v) is 9.33. The summed E-state index contributed by atoms with van der Waals surface area (Å²) in [6.45, 7) is 4.93. The quantitative estimate of drug-likeness (QED) is 0.689. The van der Waals surface area contributed by atoms with E-state index in [0.717, 1.165) is 29.8 Å². The molecular weight excluding hydrogens is 359 g/mol. The fourth-order valence-electron chi connectivity index (χ4n) is 3.64. The van der Waals surface area contributed by atoms with Crippen LogP contribution >= 0.6 is 0 Å². The molecule has 6 nitrogen and oxygen atoms in total. The summed E-state index contributed by atoms with van der Waals surface area (Å²) in [5.41, 5.74) is 2.97. The zero-order valence-electron chi connectivity index (χ0n) is 15.9. The number of carbonyl (C=O) groups excluding carboxylic acids is 1. The number of aryl methyl sites for hydroxylation is 2. The topological polar surface area (TPSA) is 72.1 Å². The van der Waals surface area contributed by atoms with Gasteiger partial charge >= 0.3 is 0 Å². The molecule has 1 aliphatic rings. The highest BCUT2D eigenvalue weighted by molar-refractivity contribution is 5.94. The molecule has 0 atom stereocenters. The molecule has 0 bridgehead atoms. The Morgan fingerprint density at radius 2 is 2.00 bits per heavy atom. The largest absolute Gasteiger partial charge is 0.356 e. The lowest BCUT2D eigenvalue weighted by Gasteiger charge is -2.32. The first kappa shape index (κ1) is 18.3. The van der Waals surface area contributed by atoms with E-state index in [1.54, 1.807) is 23.2 Å². The molecule has 3 aromatic rings. The zero-order valence-corrected chi connectivity index (χ0v) is 15.9. The fourth-order valence-corrected chi connectivity index (χ4v) is 3.64. The smallest absolute Gasteiger partial charge is 0.253 e. The van der Waals surface area contributed by atoms with Gasteiger partial charge in [0.2, 0.25) is 0 Å². The van der Waals surface area contributed by atoms with Crippen LogP contribution in [0.1, 0.15) is 46.3 Å². The number of benzene rings is 1. The van der Waals surface area contributed by atoms with Gasteiger partial charge in [-0.15, -0.1) is 0 Å². The van der Waals surface area contributed by atoms with Gasteiger partial charge in [-0.3, -0.25) is 4.79 Å². The van der Waals surface area contributed by atoms with Crippen LogP contribution in [0.4, 0.5) is 4.39 Å². The predicted octanol–water partition coefficient (Wildman–Crippen LogP) is 3.91. The molecule has 0 saturated carbocycles. The van der Waals surface area contributed by atoms with Crippen molar-refractivity contribution >= 4 is 5.91 Å². The van der Waals surface area contributed by atoms with E-state index in [0.29, 0.717) is 30.2 Å². The normalized spacial score (nSPS) is 15.0. The third-order valence-electron chi connectivity index (χ3n) is 5.07. The molecule has 3 heterocycles. The van der Waals surface area contributed by atoms with Crippen LogP contribution in [0.25, 0.3) is 11.3 Å². The molecule has 1 aromatic carbocycles. The van der Waals surface area contributed by atoms with Crippen molar-refractivity contribution in [3.8, 4) is 11.3 Å². The van der Waals surface area contributed by atoms with E-state index in [-0.39, 0.29) is 11.8 Å². The highest BCUT2D eigenvalue weighted by Crippen LogP contribution is 2.34. The van der Waals surface area contributed by atoms with Crippen LogP contribution in [-0.2, 0) is 0 Å². The number of likely N-dealkylation sites (tertiary alicyclic amines) is 1. The summed E-state index contributed by atoms with van der Waals surface area (Å²) in [4.78, 5) is 23.4. The Labute approximate surface area is 162 Å². The minimum atomic E-state index is -0.399. The Morgan fingerprint density at radius 1 is 1.21 bits per heavy atom. The molecule has 7 heteroatoms. The Morgan fingerprint density at radius 3 is 2.68 bits per heavy atom. The average Bonchev–Trinajstić information content (AvgIpc) is 3.13. The highest BCUT2D eigenvalue weighted by atomic mass is 19.1. The van der Waals surface area contributed by atoms with Gasteiger partial charge in [0.25, 0.3) is 5.91 Å². The van der Waals surface area contributed by atoms with Crippen molar-refractivity contribution in [1.82, 2.24) is 20.0 Å². The lowest BCUT2D eigenvalue weighted by molar-refractivity contribution is 0.0711. The van der Waals surface area contributed by atoms with Crippen LogP contribution in [0, 0.1) is 19.7 Å². The third-order valence-corrected chi connectivity index (χ3v) is 5.07. The Kier molecular flexibility index (Phi) is 4.90. The molecule has 1 fully saturated rings. The number of carbonyl (C=O) groups is 1. The number of halogens is 1. The van der Waals surface area contributed by atoms with E-state index in [2.05, 4.69) is 15.1 Å². The van der Waals surface area contributed by atoms with Crippen LogP contribution in [0.5, 0.6) is 0 Å². The lowest BCUT2D eigenvalue weighted by atomic mass is 9.90. The number of hydrogen-bond donors (Lipinski definition) is 0. The third kappa shape index (κ3) is 3.65. The van der Waals surface area contributed by atoms with Crippen molar-refractivity contribution in [2.24, 2.45) is 0 Å². The van der Waals surface area contributed by atoms with Crippen LogP contribution in [-0.4, -0.2) is 39.0 Å². The van der Waals surface area contributed by atoms with Crippen LogP contribution in [0.2, 0.25) is 0 Å². The predicted molar refractivity (Wildman–Crippen MR) is 101 cm³/mol. The number of nitrogens with zero attached hydrogens (tertiary/aromatic N) is 4. The molecule has 28 heavy (non-hydrogen) atoms. The van der Waals surface area contributed by atoms with Crippen molar-refractivity contribution in [1.29, 1.82) is 0 Å². The van der Waals surface area contributed by atoms with Gasteiger partial charge in [-0.2, -0.15) is 0 Å². The van der Waals surface area contributed by atoms with Gasteiger partial charge in [-0.1, -0.05) is 11.2 Å². The van der Waals surface area contributed by atoms with Gasteiger partial charge in [0.15, 0.2) is 5.76 Å². The SMILES string of the molecule is Cc1cc(-c2cnc(C)nc2C2CCN(C(=O)c3cccc(F)c3)CC2)on1. The van der Waals surface area contributed by atoms with Gasteiger partial charge in [-0.05, 0) is 44.9 Å². The second kappa shape index (κ2) is 7.50. The highest BCUT2D eigenvalue weighted by Gasteiger charge is 2.28. The zero-order chi connectivity index (χ0) is 19.7. The van der Waals surface area contributed by atoms with Gasteiger partial charge in [0, 0.05) is 36.8 Å². The maximum atomic E-state index is 13.4. The molecule has 0 spiro atoms. The summed E-state index contributed by atoms with van der Waals surface area (Å²) in [5, 5.41) is 3.96. The van der Waals surface area contributed by atoms with Crippen molar-refractivity contribution in [2.75, 3.05) is 13.1 Å². The summed E-state index contributed by atoms with van der Waals surface area (Å²) in [6, 6.07) is 7.71. The summed E-state index contributed by atoms with van der Waals surface area (Å²) >= 11 is 0. The second-order valence-electron chi connectivity index (χ2n) is 7.13. The molecule has 4 rings (SSSR count). The molecule has 0 radical (unpaired) electrons. The van der Waals surface area contributed by atoms with Crippen LogP contribution in [0.3, 0.4) is 0 Å². The summed E-state index contributed by atoms with van der Waals surface area (Å²) in [7, 11) is 0. The first-order valence-electron chi connectivity index (χ1n) is 9.33. The molecule has 0 aliphatic carbocycles. The fraction of sp³-hybridized carbons (Fsp3) is 0.333. The van der Waals surface area contributed by atoms with E-state index in [9.17, 15) is 9.18 Å². The lowest BCUT2D eigenvalue weighted by Crippen LogP contribution is -2.38. The van der Waals surface area contributed by atoms with E-state index in [4.69, 9.17) is 4.52 Å². The molecule has 0 unspecified atom stereocenters. The first-order chi connectivity index (χ1) is 13.5. The van der Waals surface area contributed by atoms with Crippen molar-refractivity contribution < 1.29 is 13.7 Å². The maximum absolute atomic E-state index is 13.4. The van der Waals surface area contributed by atoms with E-state index >= 15 is 0 Å². The Balaban J connectivity index is 1.53. The van der Waals surface area contributed by atoms with Crippen molar-refractivity contribution in [3.05, 3.63) is 65.1 Å². The second-order valence-corrected chi connectivity index (χ2v) is 7.13. The van der Waals surface area contributed by atoms with Crippen LogP contribution < -0.4 is 0 Å². The number of rotatable bonds is 3. The average molecular weight is 380 g/mol. The monoisotopic (exact) mass is 380 g/mol. The summed E-state index contributed by atoms with van der Waals surface area (Å²) in [5.74, 6) is 1.02. The van der Waals surface area contributed by atoms with E-state index < -0.39 is 5.82 Å². The summed E-state index contributed by atoms with van der Waals surface area (Å²) < 4.78 is 18.8. The van der Waals surface area contributed by atoms with Gasteiger partial charge in [-0.25, -0.2) is 14.4 Å². The standard InChI is InChI=1S/C21H21FN4O2/c1-13-10-19(28-25-13)18-12-23-14(2)24-20(18)15-6-8-26(9-7-15)21(27)16-4-3-5-17(22)11-16/h3-5,10-12,15H,6-9H2,1-2H3. The molecule has 1 saturated heterocycles.